The molecule has 0 fully saturated rings. The molecular weight excluding hydrogens is 518 g/mol. The van der Waals surface area contributed by atoms with Crippen molar-refractivity contribution in [3.63, 3.8) is 0 Å². The standard InChI is InChI=1S/C28H21N5O7/c34-24(13-17(28(36)37)9-10-33-27(35)20-3-1-2-4-21(20)29-32-33)26-14-18-12-19(6-8-25(18)39-26)38-15-16-5-7-22-23(11-16)31-40-30-22/h1-8,11-12,14,17H,9-10,13,15H2,(H,36,37). The largest absolute Gasteiger partial charge is 0.489 e. The average Bonchev–Trinajstić information content (AvgIpc) is 3.61. The third kappa shape index (κ3) is 5.01. The van der Waals surface area contributed by atoms with Crippen molar-refractivity contribution in [2.45, 2.75) is 26.0 Å². The number of nitrogens with zero attached hydrogens (tertiary/aromatic N) is 5. The molecule has 3 aromatic carbocycles. The lowest BCUT2D eigenvalue weighted by atomic mass is 9.98. The average molecular weight is 540 g/mol. The van der Waals surface area contributed by atoms with Gasteiger partial charge in [0.05, 0.1) is 11.3 Å². The Morgan fingerprint density at radius 1 is 0.975 bits per heavy atom. The molecular formula is C28H21N5O7. The maximum atomic E-state index is 13.0. The fraction of sp³-hybridized carbons (Fsp3) is 0.179. The number of ketones is 1. The van der Waals surface area contributed by atoms with E-state index in [9.17, 15) is 19.5 Å². The number of rotatable bonds is 10. The van der Waals surface area contributed by atoms with Gasteiger partial charge in [-0.15, -0.1) is 5.10 Å². The molecule has 3 heterocycles. The predicted molar refractivity (Wildman–Crippen MR) is 141 cm³/mol. The number of carboxylic acid groups (broad SMARTS) is 1. The lowest BCUT2D eigenvalue weighted by Crippen LogP contribution is -2.27. The smallest absolute Gasteiger partial charge is 0.307 e. The molecule has 0 bridgehead atoms. The number of Topliss-reactive ketones (excluding diaryl/α,β-unsaturated/α-hetero) is 1. The number of carbonyl (C=O) groups excluding carboxylic acids is 1. The van der Waals surface area contributed by atoms with E-state index >= 15 is 0 Å². The highest BCUT2D eigenvalue weighted by atomic mass is 16.6. The molecule has 6 rings (SSSR count). The molecule has 0 spiro atoms. The summed E-state index contributed by atoms with van der Waals surface area (Å²) in [6, 6.07) is 19.0. The van der Waals surface area contributed by atoms with Gasteiger partial charge in [-0.25, -0.2) is 9.31 Å². The van der Waals surface area contributed by atoms with Crippen LogP contribution in [0.1, 0.15) is 29.0 Å². The highest BCUT2D eigenvalue weighted by Gasteiger charge is 2.24. The van der Waals surface area contributed by atoms with Gasteiger partial charge in [0.25, 0.3) is 5.56 Å². The maximum absolute atomic E-state index is 13.0. The van der Waals surface area contributed by atoms with E-state index in [1.165, 1.54) is 0 Å². The van der Waals surface area contributed by atoms with Gasteiger partial charge in [-0.3, -0.25) is 14.4 Å². The van der Waals surface area contributed by atoms with Crippen LogP contribution in [-0.2, 0) is 17.9 Å². The zero-order valence-corrected chi connectivity index (χ0v) is 20.9. The molecule has 3 aromatic heterocycles. The van der Waals surface area contributed by atoms with Crippen molar-refractivity contribution in [2.24, 2.45) is 5.92 Å². The molecule has 1 atom stereocenters. The minimum absolute atomic E-state index is 0.00184. The van der Waals surface area contributed by atoms with Crippen LogP contribution in [0, 0.1) is 5.92 Å². The molecule has 40 heavy (non-hydrogen) atoms. The molecule has 0 amide bonds. The van der Waals surface area contributed by atoms with Crippen LogP contribution in [0.25, 0.3) is 32.9 Å². The molecule has 0 radical (unpaired) electrons. The van der Waals surface area contributed by atoms with Gasteiger partial charge in [0, 0.05) is 18.4 Å². The monoisotopic (exact) mass is 539 g/mol. The fourth-order valence-corrected chi connectivity index (χ4v) is 4.42. The van der Waals surface area contributed by atoms with Gasteiger partial charge in [-0.1, -0.05) is 23.4 Å². The molecule has 0 saturated carbocycles. The maximum Gasteiger partial charge on any atom is 0.307 e. The van der Waals surface area contributed by atoms with Crippen LogP contribution >= 0.6 is 0 Å². The SMILES string of the molecule is O=C(CC(CCn1nnc2ccccc2c1=O)C(=O)O)c1cc2cc(OCc3ccc4nonc4c3)ccc2o1. The Morgan fingerprint density at radius 2 is 1.82 bits per heavy atom. The number of carboxylic acids is 1. The number of aliphatic carboxylic acids is 1. The number of carbonyl (C=O) groups is 2. The van der Waals surface area contributed by atoms with E-state index in [0.29, 0.717) is 38.7 Å². The van der Waals surface area contributed by atoms with Crippen LogP contribution in [0.4, 0.5) is 0 Å². The van der Waals surface area contributed by atoms with E-state index < -0.39 is 17.7 Å². The van der Waals surface area contributed by atoms with Crippen LogP contribution in [-0.4, -0.2) is 42.2 Å². The zero-order chi connectivity index (χ0) is 27.6. The number of hydrogen-bond acceptors (Lipinski definition) is 10. The van der Waals surface area contributed by atoms with E-state index in [1.54, 1.807) is 54.6 Å². The predicted octanol–water partition coefficient (Wildman–Crippen LogP) is 4.02. The van der Waals surface area contributed by atoms with Crippen molar-refractivity contribution >= 4 is 44.7 Å². The third-order valence-electron chi connectivity index (χ3n) is 6.59. The first-order chi connectivity index (χ1) is 19.4. The minimum Gasteiger partial charge on any atom is -0.489 e. The number of aryl methyl sites for hydroxylation is 1. The van der Waals surface area contributed by atoms with Crippen LogP contribution in [0.5, 0.6) is 5.75 Å². The van der Waals surface area contributed by atoms with Crippen molar-refractivity contribution in [1.82, 2.24) is 25.3 Å². The van der Waals surface area contributed by atoms with Crippen molar-refractivity contribution in [3.05, 3.63) is 88.4 Å². The van der Waals surface area contributed by atoms with Gasteiger partial charge < -0.3 is 14.3 Å². The molecule has 1 N–H and O–H groups in total. The van der Waals surface area contributed by atoms with Crippen LogP contribution in [0.2, 0.25) is 0 Å². The summed E-state index contributed by atoms with van der Waals surface area (Å²) in [5.41, 5.74) is 2.72. The second-order valence-corrected chi connectivity index (χ2v) is 9.27. The topological polar surface area (TPSA) is 163 Å². The summed E-state index contributed by atoms with van der Waals surface area (Å²) in [4.78, 5) is 37.5. The summed E-state index contributed by atoms with van der Waals surface area (Å²) in [5, 5.41) is 26.3. The lowest BCUT2D eigenvalue weighted by molar-refractivity contribution is -0.142. The Labute approximate surface area is 224 Å². The highest BCUT2D eigenvalue weighted by molar-refractivity contribution is 5.99. The highest BCUT2D eigenvalue weighted by Crippen LogP contribution is 2.27. The van der Waals surface area contributed by atoms with E-state index in [-0.39, 0.29) is 37.3 Å². The minimum atomic E-state index is -1.15. The van der Waals surface area contributed by atoms with Gasteiger partial charge >= 0.3 is 5.97 Å². The Kier molecular flexibility index (Phi) is 6.48. The number of hydrogen-bond donors (Lipinski definition) is 1. The molecule has 0 aliphatic rings. The molecule has 0 saturated heterocycles. The zero-order valence-electron chi connectivity index (χ0n) is 20.9. The van der Waals surface area contributed by atoms with E-state index in [0.717, 1.165) is 10.2 Å². The molecule has 1 unspecified atom stereocenters. The Morgan fingerprint density at radius 3 is 2.70 bits per heavy atom. The van der Waals surface area contributed by atoms with Crippen molar-refractivity contribution in [1.29, 1.82) is 0 Å². The number of ether oxygens (including phenoxy) is 1. The second kappa shape index (κ2) is 10.4. The first kappa shape index (κ1) is 24.9. The molecule has 0 aliphatic heterocycles. The third-order valence-corrected chi connectivity index (χ3v) is 6.59. The summed E-state index contributed by atoms with van der Waals surface area (Å²) in [6.45, 7) is 0.282. The van der Waals surface area contributed by atoms with E-state index in [2.05, 4.69) is 20.6 Å². The summed E-state index contributed by atoms with van der Waals surface area (Å²) in [7, 11) is 0. The molecule has 200 valence electrons. The summed E-state index contributed by atoms with van der Waals surface area (Å²) in [5.74, 6) is -2.04. The summed E-state index contributed by atoms with van der Waals surface area (Å²) >= 11 is 0. The van der Waals surface area contributed by atoms with Crippen molar-refractivity contribution in [3.8, 4) is 5.75 Å². The first-order valence-electron chi connectivity index (χ1n) is 12.4. The lowest BCUT2D eigenvalue weighted by Gasteiger charge is -2.11. The number of benzene rings is 3. The Balaban J connectivity index is 1.12. The Bertz CT molecular complexity index is 1940. The number of fused-ring (bicyclic) bond motifs is 3. The molecule has 12 heteroatoms. The normalized spacial score (nSPS) is 12.2. The second-order valence-electron chi connectivity index (χ2n) is 9.27. The fourth-order valence-electron chi connectivity index (χ4n) is 4.42. The first-order valence-corrected chi connectivity index (χ1v) is 12.4. The van der Waals surface area contributed by atoms with Gasteiger partial charge in [-0.2, -0.15) is 0 Å². The molecule has 6 aromatic rings. The van der Waals surface area contributed by atoms with Crippen LogP contribution in [0.15, 0.2) is 80.6 Å². The van der Waals surface area contributed by atoms with Crippen LogP contribution in [0.3, 0.4) is 0 Å². The van der Waals surface area contributed by atoms with Gasteiger partial charge in [0.2, 0.25) is 0 Å². The molecule has 0 aliphatic carbocycles. The van der Waals surface area contributed by atoms with Gasteiger partial charge in [0.1, 0.15) is 34.5 Å². The number of furan rings is 1. The van der Waals surface area contributed by atoms with Crippen molar-refractivity contribution < 1.29 is 28.5 Å². The van der Waals surface area contributed by atoms with E-state index in [1.807, 2.05) is 12.1 Å². The number of aromatic nitrogens is 5. The van der Waals surface area contributed by atoms with Gasteiger partial charge in [-0.05, 0) is 70.8 Å². The van der Waals surface area contributed by atoms with Crippen molar-refractivity contribution in [2.75, 3.05) is 0 Å². The van der Waals surface area contributed by atoms with Crippen LogP contribution < -0.4 is 10.3 Å². The Hall–Kier alpha value is -5.39. The van der Waals surface area contributed by atoms with E-state index in [4.69, 9.17) is 13.8 Å². The van der Waals surface area contributed by atoms with Gasteiger partial charge in [0.15, 0.2) is 11.5 Å². The quantitative estimate of drug-likeness (QED) is 0.250. The summed E-state index contributed by atoms with van der Waals surface area (Å²) < 4.78 is 17.4. The molecule has 12 nitrogen and oxygen atoms in total. The summed E-state index contributed by atoms with van der Waals surface area (Å²) in [6.07, 6.45) is -0.282.